The van der Waals surface area contributed by atoms with Crippen LogP contribution in [0.1, 0.15) is 32.6 Å². The van der Waals surface area contributed by atoms with Crippen LogP contribution in [0, 0.1) is 5.92 Å². The van der Waals surface area contributed by atoms with Crippen molar-refractivity contribution in [3.05, 3.63) is 18.2 Å². The van der Waals surface area contributed by atoms with Gasteiger partial charge < -0.3 is 14.8 Å². The zero-order valence-electron chi connectivity index (χ0n) is 15.1. The van der Waals surface area contributed by atoms with Crippen LogP contribution >= 0.6 is 0 Å². The molecule has 0 bridgehead atoms. The molecule has 0 aliphatic carbocycles. The number of hydrogen-bond acceptors (Lipinski definition) is 5. The Labute approximate surface area is 154 Å². The van der Waals surface area contributed by atoms with Crippen molar-refractivity contribution >= 4 is 21.6 Å². The van der Waals surface area contributed by atoms with Crippen LogP contribution in [0.15, 0.2) is 18.2 Å². The number of amides is 1. The molecule has 26 heavy (non-hydrogen) atoms. The maximum absolute atomic E-state index is 12.6. The molecule has 3 rings (SSSR count). The van der Waals surface area contributed by atoms with Crippen LogP contribution in [-0.2, 0) is 14.8 Å². The van der Waals surface area contributed by atoms with Gasteiger partial charge in [-0.1, -0.05) is 13.3 Å². The van der Waals surface area contributed by atoms with Gasteiger partial charge in [0.05, 0.1) is 11.7 Å². The van der Waals surface area contributed by atoms with Gasteiger partial charge in [-0.15, -0.1) is 0 Å². The van der Waals surface area contributed by atoms with E-state index in [0.717, 1.165) is 6.42 Å². The molecule has 1 aromatic carbocycles. The molecule has 8 heteroatoms. The zero-order chi connectivity index (χ0) is 18.6. The zero-order valence-corrected chi connectivity index (χ0v) is 15.9. The Kier molecular flexibility index (Phi) is 6.03. The highest BCUT2D eigenvalue weighted by Crippen LogP contribution is 2.33. The smallest absolute Gasteiger partial charge is 0.228 e. The summed E-state index contributed by atoms with van der Waals surface area (Å²) in [7, 11) is -3.28. The fraction of sp³-hybridized carbons (Fsp3) is 0.611. The second-order valence-electron chi connectivity index (χ2n) is 6.71. The number of benzene rings is 1. The van der Waals surface area contributed by atoms with Crippen molar-refractivity contribution < 1.29 is 22.7 Å². The summed E-state index contributed by atoms with van der Waals surface area (Å²) in [6.07, 6.45) is 2.87. The highest BCUT2D eigenvalue weighted by atomic mass is 32.2. The molecule has 1 amide bonds. The molecule has 2 aliphatic heterocycles. The van der Waals surface area contributed by atoms with E-state index in [1.165, 1.54) is 4.31 Å². The monoisotopic (exact) mass is 382 g/mol. The van der Waals surface area contributed by atoms with Crippen molar-refractivity contribution in [3.8, 4) is 11.5 Å². The fourth-order valence-corrected chi connectivity index (χ4v) is 4.96. The van der Waals surface area contributed by atoms with E-state index in [1.807, 2.05) is 6.92 Å². The lowest BCUT2D eigenvalue weighted by atomic mass is 9.98. The van der Waals surface area contributed by atoms with Crippen molar-refractivity contribution in [1.29, 1.82) is 0 Å². The van der Waals surface area contributed by atoms with Gasteiger partial charge in [-0.3, -0.25) is 4.79 Å². The van der Waals surface area contributed by atoms with E-state index in [0.29, 0.717) is 56.2 Å². The summed E-state index contributed by atoms with van der Waals surface area (Å²) in [4.78, 5) is 12.6. The number of nitrogens with one attached hydrogen (secondary N) is 1. The Bertz CT molecular complexity index is 750. The molecule has 0 unspecified atom stereocenters. The molecular weight excluding hydrogens is 356 g/mol. The standard InChI is InChI=1S/C18H26N2O5S/c1-2-3-11-26(22,23)20-8-4-5-14(13-20)18(21)19-15-6-7-16-17(12-15)25-10-9-24-16/h6-7,12,14H,2-5,8-11,13H2,1H3,(H,19,21)/t14-/m1/s1. The molecule has 7 nitrogen and oxygen atoms in total. The van der Waals surface area contributed by atoms with Crippen molar-refractivity contribution in [2.75, 3.05) is 37.4 Å². The Morgan fingerprint density at radius 1 is 1.27 bits per heavy atom. The molecule has 0 spiro atoms. The van der Waals surface area contributed by atoms with E-state index < -0.39 is 10.0 Å². The largest absolute Gasteiger partial charge is 0.486 e. The minimum absolute atomic E-state index is 0.153. The lowest BCUT2D eigenvalue weighted by Crippen LogP contribution is -2.44. The SMILES string of the molecule is CCCCS(=O)(=O)N1CCC[C@@H](C(=O)Nc2ccc3c(c2)OCCO3)C1. The molecular formula is C18H26N2O5S. The van der Waals surface area contributed by atoms with Gasteiger partial charge in [0.1, 0.15) is 13.2 Å². The first-order valence-corrected chi connectivity index (χ1v) is 10.8. The highest BCUT2D eigenvalue weighted by molar-refractivity contribution is 7.89. The van der Waals surface area contributed by atoms with Crippen LogP contribution in [0.2, 0.25) is 0 Å². The minimum atomic E-state index is -3.28. The number of carbonyl (C=O) groups is 1. The van der Waals surface area contributed by atoms with Gasteiger partial charge in [0, 0.05) is 24.8 Å². The molecule has 0 aromatic heterocycles. The average Bonchev–Trinajstić information content (AvgIpc) is 2.66. The van der Waals surface area contributed by atoms with Crippen molar-refractivity contribution in [1.82, 2.24) is 4.31 Å². The maximum atomic E-state index is 12.6. The predicted octanol–water partition coefficient (Wildman–Crippen LogP) is 2.24. The van der Waals surface area contributed by atoms with Crippen LogP contribution in [0.4, 0.5) is 5.69 Å². The predicted molar refractivity (Wildman–Crippen MR) is 99.1 cm³/mol. The van der Waals surface area contributed by atoms with E-state index in [4.69, 9.17) is 9.47 Å². The van der Waals surface area contributed by atoms with Crippen LogP contribution in [-0.4, -0.2) is 50.7 Å². The lowest BCUT2D eigenvalue weighted by molar-refractivity contribution is -0.120. The van der Waals surface area contributed by atoms with Crippen molar-refractivity contribution in [3.63, 3.8) is 0 Å². The van der Waals surface area contributed by atoms with Crippen molar-refractivity contribution in [2.24, 2.45) is 5.92 Å². The molecule has 1 aromatic rings. The number of anilines is 1. The van der Waals surface area contributed by atoms with Crippen LogP contribution in [0.5, 0.6) is 11.5 Å². The molecule has 1 N–H and O–H groups in total. The second-order valence-corrected chi connectivity index (χ2v) is 8.80. The summed E-state index contributed by atoms with van der Waals surface area (Å²) in [5.41, 5.74) is 0.630. The van der Waals surface area contributed by atoms with E-state index >= 15 is 0 Å². The van der Waals surface area contributed by atoms with E-state index in [1.54, 1.807) is 18.2 Å². The first-order valence-electron chi connectivity index (χ1n) is 9.18. The third kappa shape index (κ3) is 4.48. The summed E-state index contributed by atoms with van der Waals surface area (Å²) >= 11 is 0. The summed E-state index contributed by atoms with van der Waals surface area (Å²) in [5.74, 6) is 0.937. The number of hydrogen-bond donors (Lipinski definition) is 1. The van der Waals surface area contributed by atoms with E-state index in [-0.39, 0.29) is 24.1 Å². The van der Waals surface area contributed by atoms with Gasteiger partial charge in [0.25, 0.3) is 0 Å². The Morgan fingerprint density at radius 2 is 2.04 bits per heavy atom. The topological polar surface area (TPSA) is 84.9 Å². The number of fused-ring (bicyclic) bond motifs is 1. The number of carbonyl (C=O) groups excluding carboxylic acids is 1. The maximum Gasteiger partial charge on any atom is 0.228 e. The van der Waals surface area contributed by atoms with Gasteiger partial charge in [0.15, 0.2) is 11.5 Å². The quantitative estimate of drug-likeness (QED) is 0.816. The van der Waals surface area contributed by atoms with Gasteiger partial charge in [-0.05, 0) is 31.4 Å². The van der Waals surface area contributed by atoms with Gasteiger partial charge in [-0.2, -0.15) is 0 Å². The number of ether oxygens (including phenoxy) is 2. The van der Waals surface area contributed by atoms with E-state index in [9.17, 15) is 13.2 Å². The lowest BCUT2D eigenvalue weighted by Gasteiger charge is -2.31. The van der Waals surface area contributed by atoms with E-state index in [2.05, 4.69) is 5.32 Å². The first kappa shape index (κ1) is 19.0. The Morgan fingerprint density at radius 3 is 2.81 bits per heavy atom. The first-order chi connectivity index (χ1) is 12.5. The molecule has 2 heterocycles. The second kappa shape index (κ2) is 8.26. The third-order valence-electron chi connectivity index (χ3n) is 4.71. The molecule has 2 aliphatic rings. The van der Waals surface area contributed by atoms with Crippen LogP contribution in [0.3, 0.4) is 0 Å². The number of sulfonamides is 1. The van der Waals surface area contributed by atoms with Crippen LogP contribution < -0.4 is 14.8 Å². The summed E-state index contributed by atoms with van der Waals surface area (Å²) in [6, 6.07) is 5.28. The number of unbranched alkanes of at least 4 members (excludes halogenated alkanes) is 1. The summed E-state index contributed by atoms with van der Waals surface area (Å²) in [5, 5.41) is 2.88. The normalized spacial score (nSPS) is 20.6. The van der Waals surface area contributed by atoms with Gasteiger partial charge >= 0.3 is 0 Å². The molecule has 0 saturated carbocycles. The fourth-order valence-electron chi connectivity index (χ4n) is 3.23. The highest BCUT2D eigenvalue weighted by Gasteiger charge is 2.32. The Hall–Kier alpha value is -1.80. The molecule has 0 radical (unpaired) electrons. The number of nitrogens with zero attached hydrogens (tertiary/aromatic N) is 1. The van der Waals surface area contributed by atoms with Gasteiger partial charge in [0.2, 0.25) is 15.9 Å². The molecule has 144 valence electrons. The van der Waals surface area contributed by atoms with Crippen LogP contribution in [0.25, 0.3) is 0 Å². The van der Waals surface area contributed by atoms with Gasteiger partial charge in [-0.25, -0.2) is 12.7 Å². The summed E-state index contributed by atoms with van der Waals surface area (Å²) < 4.78 is 37.3. The third-order valence-corrected chi connectivity index (χ3v) is 6.64. The minimum Gasteiger partial charge on any atom is -0.486 e. The van der Waals surface area contributed by atoms with Crippen molar-refractivity contribution in [2.45, 2.75) is 32.6 Å². The number of piperidine rings is 1. The molecule has 1 atom stereocenters. The average molecular weight is 382 g/mol. The molecule has 1 fully saturated rings. The Balaban J connectivity index is 1.62. The molecule has 1 saturated heterocycles. The number of rotatable bonds is 6. The summed E-state index contributed by atoms with van der Waals surface area (Å²) in [6.45, 7) is 3.72.